The normalized spacial score (nSPS) is 22.8. The maximum atomic E-state index is 4.78. The number of aryl methyl sites for hydroxylation is 1. The van der Waals surface area contributed by atoms with Crippen LogP contribution in [-0.4, -0.2) is 16.1 Å². The summed E-state index contributed by atoms with van der Waals surface area (Å²) < 4.78 is 2.32. The number of hydrogen-bond acceptors (Lipinski definition) is 2. The summed E-state index contributed by atoms with van der Waals surface area (Å²) in [5.74, 6) is 2.97. The molecule has 1 fully saturated rings. The van der Waals surface area contributed by atoms with Gasteiger partial charge in [-0.1, -0.05) is 31.9 Å². The van der Waals surface area contributed by atoms with Crippen LogP contribution in [0.2, 0.25) is 0 Å². The van der Waals surface area contributed by atoms with Crippen molar-refractivity contribution in [1.82, 2.24) is 14.9 Å². The molecular weight excluding hydrogens is 258 g/mol. The first-order valence-corrected chi connectivity index (χ1v) is 8.42. The second-order valence-corrected chi connectivity index (χ2v) is 6.52. The number of aromatic nitrogens is 2. The van der Waals surface area contributed by atoms with Gasteiger partial charge in [-0.05, 0) is 50.3 Å². The predicted octanol–water partition coefficient (Wildman–Crippen LogP) is 3.97. The molecule has 1 aliphatic rings. The van der Waals surface area contributed by atoms with Gasteiger partial charge in [0.1, 0.15) is 5.82 Å². The van der Waals surface area contributed by atoms with Gasteiger partial charge in [0.25, 0.3) is 0 Å². The van der Waals surface area contributed by atoms with Crippen LogP contribution >= 0.6 is 0 Å². The number of nitrogens with zero attached hydrogens (tertiary/aromatic N) is 2. The van der Waals surface area contributed by atoms with Crippen LogP contribution in [0.5, 0.6) is 0 Å². The molecule has 0 aliphatic heterocycles. The minimum atomic E-state index is 0.862. The second-order valence-electron chi connectivity index (χ2n) is 6.52. The molecule has 0 spiro atoms. The van der Waals surface area contributed by atoms with Gasteiger partial charge in [0.05, 0.1) is 17.6 Å². The van der Waals surface area contributed by atoms with E-state index in [1.807, 2.05) is 0 Å². The molecule has 1 aromatic heterocycles. The van der Waals surface area contributed by atoms with Crippen LogP contribution in [0.3, 0.4) is 0 Å². The van der Waals surface area contributed by atoms with E-state index in [4.69, 9.17) is 4.98 Å². The molecule has 0 radical (unpaired) electrons. The number of imidazole rings is 1. The van der Waals surface area contributed by atoms with Gasteiger partial charge in [-0.3, -0.25) is 0 Å². The predicted molar refractivity (Wildman–Crippen MR) is 88.2 cm³/mol. The molecule has 3 nitrogen and oxygen atoms in total. The largest absolute Gasteiger partial charge is 0.327 e. The van der Waals surface area contributed by atoms with E-state index in [0.29, 0.717) is 0 Å². The number of fused-ring (bicyclic) bond motifs is 1. The van der Waals surface area contributed by atoms with E-state index in [2.05, 4.69) is 48.0 Å². The second kappa shape index (κ2) is 6.61. The highest BCUT2D eigenvalue weighted by Gasteiger charge is 2.18. The number of benzene rings is 1. The first kappa shape index (κ1) is 14.6. The molecule has 1 heterocycles. The fourth-order valence-electron chi connectivity index (χ4n) is 3.53. The smallest absolute Gasteiger partial charge is 0.123 e. The van der Waals surface area contributed by atoms with Crippen molar-refractivity contribution in [2.45, 2.75) is 52.6 Å². The summed E-state index contributed by atoms with van der Waals surface area (Å²) >= 11 is 0. The highest BCUT2D eigenvalue weighted by molar-refractivity contribution is 5.75. The van der Waals surface area contributed by atoms with Gasteiger partial charge >= 0.3 is 0 Å². The Hall–Kier alpha value is -1.35. The molecule has 3 heteroatoms. The van der Waals surface area contributed by atoms with Crippen molar-refractivity contribution in [2.24, 2.45) is 11.8 Å². The minimum absolute atomic E-state index is 0.862. The summed E-state index contributed by atoms with van der Waals surface area (Å²) in [5, 5.41) is 3.64. The van der Waals surface area contributed by atoms with Crippen molar-refractivity contribution in [1.29, 1.82) is 0 Å². The van der Waals surface area contributed by atoms with Crippen LogP contribution in [0.4, 0.5) is 0 Å². The van der Waals surface area contributed by atoms with Crippen molar-refractivity contribution < 1.29 is 0 Å². The Bertz CT molecular complexity index is 579. The van der Waals surface area contributed by atoms with Crippen LogP contribution in [0.1, 0.15) is 45.4 Å². The van der Waals surface area contributed by atoms with E-state index in [-0.39, 0.29) is 0 Å². The zero-order chi connectivity index (χ0) is 14.7. The van der Waals surface area contributed by atoms with Gasteiger partial charge < -0.3 is 9.88 Å². The van der Waals surface area contributed by atoms with E-state index in [1.165, 1.54) is 37.0 Å². The lowest BCUT2D eigenvalue weighted by molar-refractivity contribution is 0.280. The molecule has 3 rings (SSSR count). The Morgan fingerprint density at radius 2 is 1.95 bits per heavy atom. The molecule has 0 bridgehead atoms. The van der Waals surface area contributed by atoms with Crippen molar-refractivity contribution in [3.05, 3.63) is 30.1 Å². The van der Waals surface area contributed by atoms with Gasteiger partial charge in [0.2, 0.25) is 0 Å². The molecule has 0 amide bonds. The lowest BCUT2D eigenvalue weighted by atomic mass is 9.83. The summed E-state index contributed by atoms with van der Waals surface area (Å²) in [6.07, 6.45) is 5.58. The molecular formula is C18H27N3. The minimum Gasteiger partial charge on any atom is -0.327 e. The third kappa shape index (κ3) is 3.29. The SMILES string of the molecule is CCn1c(CNCC2CCC(C)CC2)nc2ccccc21. The van der Waals surface area contributed by atoms with Crippen LogP contribution in [0, 0.1) is 11.8 Å². The zero-order valence-corrected chi connectivity index (χ0v) is 13.3. The van der Waals surface area contributed by atoms with E-state index >= 15 is 0 Å². The lowest BCUT2D eigenvalue weighted by Gasteiger charge is -2.26. The number of rotatable bonds is 5. The molecule has 2 aromatic rings. The third-order valence-electron chi connectivity index (χ3n) is 4.90. The molecule has 0 atom stereocenters. The van der Waals surface area contributed by atoms with Crippen LogP contribution in [0.25, 0.3) is 11.0 Å². The average molecular weight is 285 g/mol. The van der Waals surface area contributed by atoms with Crippen LogP contribution in [-0.2, 0) is 13.1 Å². The standard InChI is InChI=1S/C18H27N3/c1-3-21-17-7-5-4-6-16(17)20-18(21)13-19-12-15-10-8-14(2)9-11-15/h4-7,14-15,19H,3,8-13H2,1-2H3. The molecule has 1 N–H and O–H groups in total. The Kier molecular flexibility index (Phi) is 4.59. The molecule has 114 valence electrons. The van der Waals surface area contributed by atoms with Gasteiger partial charge in [0.15, 0.2) is 0 Å². The number of nitrogens with one attached hydrogen (secondary N) is 1. The van der Waals surface area contributed by atoms with E-state index in [0.717, 1.165) is 37.0 Å². The Labute approximate surface area is 127 Å². The fourth-order valence-corrected chi connectivity index (χ4v) is 3.53. The summed E-state index contributed by atoms with van der Waals surface area (Å²) in [5.41, 5.74) is 2.37. The Morgan fingerprint density at radius 1 is 1.19 bits per heavy atom. The first-order chi connectivity index (χ1) is 10.3. The third-order valence-corrected chi connectivity index (χ3v) is 4.90. The maximum Gasteiger partial charge on any atom is 0.123 e. The summed E-state index contributed by atoms with van der Waals surface area (Å²) in [7, 11) is 0. The van der Waals surface area contributed by atoms with Gasteiger partial charge in [-0.15, -0.1) is 0 Å². The highest BCUT2D eigenvalue weighted by atomic mass is 15.1. The molecule has 1 aliphatic carbocycles. The number of hydrogen-bond donors (Lipinski definition) is 1. The van der Waals surface area contributed by atoms with Crippen LogP contribution in [0.15, 0.2) is 24.3 Å². The van der Waals surface area contributed by atoms with Gasteiger partial charge in [-0.25, -0.2) is 4.98 Å². The Morgan fingerprint density at radius 3 is 2.71 bits per heavy atom. The molecule has 1 aromatic carbocycles. The molecule has 0 unspecified atom stereocenters. The summed E-state index contributed by atoms with van der Waals surface area (Å²) in [6.45, 7) is 7.58. The van der Waals surface area contributed by atoms with E-state index < -0.39 is 0 Å². The number of para-hydroxylation sites is 2. The van der Waals surface area contributed by atoms with Crippen molar-refractivity contribution in [3.8, 4) is 0 Å². The van der Waals surface area contributed by atoms with E-state index in [1.54, 1.807) is 0 Å². The average Bonchev–Trinajstić information content (AvgIpc) is 2.86. The fraction of sp³-hybridized carbons (Fsp3) is 0.611. The maximum absolute atomic E-state index is 4.78. The monoisotopic (exact) mass is 285 g/mol. The topological polar surface area (TPSA) is 29.9 Å². The van der Waals surface area contributed by atoms with Gasteiger partial charge in [-0.2, -0.15) is 0 Å². The molecule has 0 saturated heterocycles. The van der Waals surface area contributed by atoms with Crippen LogP contribution < -0.4 is 5.32 Å². The molecule has 1 saturated carbocycles. The van der Waals surface area contributed by atoms with Crippen molar-refractivity contribution in [2.75, 3.05) is 6.54 Å². The first-order valence-electron chi connectivity index (χ1n) is 8.42. The lowest BCUT2D eigenvalue weighted by Crippen LogP contribution is -2.26. The van der Waals surface area contributed by atoms with Crippen molar-refractivity contribution in [3.63, 3.8) is 0 Å². The van der Waals surface area contributed by atoms with E-state index in [9.17, 15) is 0 Å². The summed E-state index contributed by atoms with van der Waals surface area (Å²) in [4.78, 5) is 4.78. The summed E-state index contributed by atoms with van der Waals surface area (Å²) in [6, 6.07) is 8.43. The van der Waals surface area contributed by atoms with Gasteiger partial charge in [0, 0.05) is 6.54 Å². The zero-order valence-electron chi connectivity index (χ0n) is 13.3. The Balaban J connectivity index is 1.60. The highest BCUT2D eigenvalue weighted by Crippen LogP contribution is 2.27. The van der Waals surface area contributed by atoms with Crippen molar-refractivity contribution >= 4 is 11.0 Å². The molecule has 21 heavy (non-hydrogen) atoms. The quantitative estimate of drug-likeness (QED) is 0.900.